The Kier molecular flexibility index (Phi) is 4.44. The number of hydrogen-bond acceptors (Lipinski definition) is 2. The molecule has 0 N–H and O–H groups in total. The number of nitrogens with zero attached hydrogens (tertiary/aromatic N) is 1. The molecule has 1 aromatic rings. The molecule has 1 saturated heterocycles. The number of alkyl halides is 1. The van der Waals surface area contributed by atoms with Crippen molar-refractivity contribution in [2.75, 3.05) is 31.6 Å². The Morgan fingerprint density at radius 1 is 1.26 bits per heavy atom. The van der Waals surface area contributed by atoms with Gasteiger partial charge in [-0.05, 0) is 43.4 Å². The minimum Gasteiger partial charge on any atom is -0.493 e. The molecular formula is C16H22BrNO. The predicted octanol–water partition coefficient (Wildman–Crippen LogP) is 3.66. The number of benzene rings is 1. The van der Waals surface area contributed by atoms with Crippen LogP contribution in [0.15, 0.2) is 24.3 Å². The Bertz CT molecular complexity index is 423. The van der Waals surface area contributed by atoms with Gasteiger partial charge in [0, 0.05) is 24.3 Å². The van der Waals surface area contributed by atoms with Gasteiger partial charge in [-0.25, -0.2) is 0 Å². The molecule has 0 bridgehead atoms. The highest BCUT2D eigenvalue weighted by molar-refractivity contribution is 9.09. The molecule has 2 atom stereocenters. The molecular weight excluding hydrogens is 302 g/mol. The molecule has 0 aromatic heterocycles. The summed E-state index contributed by atoms with van der Waals surface area (Å²) in [6.07, 6.45) is 3.89. The Morgan fingerprint density at radius 3 is 3.05 bits per heavy atom. The van der Waals surface area contributed by atoms with Crippen molar-refractivity contribution in [3.63, 3.8) is 0 Å². The van der Waals surface area contributed by atoms with Gasteiger partial charge in [0.15, 0.2) is 0 Å². The van der Waals surface area contributed by atoms with Crippen LogP contribution < -0.4 is 4.74 Å². The zero-order valence-corrected chi connectivity index (χ0v) is 12.9. The molecule has 2 aliphatic heterocycles. The number of halogens is 1. The third-order valence-electron chi connectivity index (χ3n) is 4.38. The normalized spacial score (nSPS) is 27.6. The number of fused-ring (bicyclic) bond motifs is 1. The highest BCUT2D eigenvalue weighted by Gasteiger charge is 2.26. The van der Waals surface area contributed by atoms with Gasteiger partial charge in [0.1, 0.15) is 5.75 Å². The second kappa shape index (κ2) is 6.27. The zero-order chi connectivity index (χ0) is 13.1. The van der Waals surface area contributed by atoms with Gasteiger partial charge in [0.2, 0.25) is 0 Å². The van der Waals surface area contributed by atoms with E-state index in [1.165, 1.54) is 38.0 Å². The fraction of sp³-hybridized carbons (Fsp3) is 0.625. The van der Waals surface area contributed by atoms with E-state index in [0.717, 1.165) is 30.0 Å². The molecule has 1 aromatic carbocycles. The molecule has 3 rings (SSSR count). The van der Waals surface area contributed by atoms with Gasteiger partial charge in [0.05, 0.1) is 6.61 Å². The van der Waals surface area contributed by atoms with Crippen LogP contribution in [0, 0.1) is 5.92 Å². The molecule has 0 saturated carbocycles. The molecule has 2 unspecified atom stereocenters. The second-order valence-corrected chi connectivity index (χ2v) is 6.44. The van der Waals surface area contributed by atoms with Crippen LogP contribution in [0.5, 0.6) is 5.75 Å². The predicted molar refractivity (Wildman–Crippen MR) is 82.3 cm³/mol. The Balaban J connectivity index is 1.67. The van der Waals surface area contributed by atoms with E-state index in [1.807, 2.05) is 0 Å². The van der Waals surface area contributed by atoms with Crippen molar-refractivity contribution in [2.24, 2.45) is 5.92 Å². The van der Waals surface area contributed by atoms with E-state index in [0.29, 0.717) is 5.92 Å². The summed E-state index contributed by atoms with van der Waals surface area (Å²) in [7, 11) is 0. The van der Waals surface area contributed by atoms with E-state index in [9.17, 15) is 0 Å². The van der Waals surface area contributed by atoms with Crippen LogP contribution in [0.25, 0.3) is 0 Å². The van der Waals surface area contributed by atoms with Crippen LogP contribution in [-0.4, -0.2) is 36.5 Å². The van der Waals surface area contributed by atoms with Crippen LogP contribution in [0.3, 0.4) is 0 Å². The summed E-state index contributed by atoms with van der Waals surface area (Å²) in [4.78, 5) is 2.65. The lowest BCUT2D eigenvalue weighted by Gasteiger charge is -2.36. The molecule has 2 heterocycles. The number of likely N-dealkylation sites (tertiary alicyclic amines) is 1. The fourth-order valence-electron chi connectivity index (χ4n) is 3.36. The largest absolute Gasteiger partial charge is 0.493 e. The minimum absolute atomic E-state index is 0.652. The van der Waals surface area contributed by atoms with Crippen LogP contribution in [0.4, 0.5) is 0 Å². The molecule has 104 valence electrons. The highest BCUT2D eigenvalue weighted by atomic mass is 79.9. The SMILES string of the molecule is BrCC1CCCN(CC2CCOc3ccccc32)C1. The second-order valence-electron chi connectivity index (χ2n) is 5.79. The minimum atomic E-state index is 0.652. The first kappa shape index (κ1) is 13.4. The summed E-state index contributed by atoms with van der Waals surface area (Å²) < 4.78 is 5.76. The van der Waals surface area contributed by atoms with Gasteiger partial charge in [-0.2, -0.15) is 0 Å². The van der Waals surface area contributed by atoms with Crippen molar-refractivity contribution in [1.29, 1.82) is 0 Å². The van der Waals surface area contributed by atoms with Crippen molar-refractivity contribution in [2.45, 2.75) is 25.2 Å². The first-order valence-corrected chi connectivity index (χ1v) is 8.49. The topological polar surface area (TPSA) is 12.5 Å². The van der Waals surface area contributed by atoms with E-state index in [4.69, 9.17) is 4.74 Å². The standard InChI is InChI=1S/C16H22BrNO/c17-10-13-4-3-8-18(11-13)12-14-7-9-19-16-6-2-1-5-15(14)16/h1-2,5-6,13-14H,3-4,7-12H2. The molecule has 0 amide bonds. The lowest BCUT2D eigenvalue weighted by Crippen LogP contribution is -2.39. The first-order valence-electron chi connectivity index (χ1n) is 7.37. The van der Waals surface area contributed by atoms with Gasteiger partial charge in [-0.3, -0.25) is 0 Å². The average Bonchev–Trinajstić information content (AvgIpc) is 2.48. The number of rotatable bonds is 3. The molecule has 1 fully saturated rings. The van der Waals surface area contributed by atoms with Gasteiger partial charge in [-0.1, -0.05) is 34.1 Å². The Hall–Kier alpha value is -0.540. The number of para-hydroxylation sites is 1. The smallest absolute Gasteiger partial charge is 0.122 e. The maximum Gasteiger partial charge on any atom is 0.122 e. The maximum atomic E-state index is 5.76. The molecule has 0 spiro atoms. The van der Waals surface area contributed by atoms with Crippen LogP contribution in [0.1, 0.15) is 30.7 Å². The van der Waals surface area contributed by atoms with Crippen LogP contribution in [-0.2, 0) is 0 Å². The van der Waals surface area contributed by atoms with Crippen molar-refractivity contribution in [3.05, 3.63) is 29.8 Å². The highest BCUT2D eigenvalue weighted by Crippen LogP contribution is 2.34. The number of hydrogen-bond donors (Lipinski definition) is 0. The van der Waals surface area contributed by atoms with Crippen molar-refractivity contribution in [1.82, 2.24) is 4.90 Å². The van der Waals surface area contributed by atoms with Gasteiger partial charge < -0.3 is 9.64 Å². The summed E-state index contributed by atoms with van der Waals surface area (Å²) in [5.74, 6) is 2.59. The lowest BCUT2D eigenvalue weighted by atomic mass is 9.91. The van der Waals surface area contributed by atoms with Gasteiger partial charge >= 0.3 is 0 Å². The van der Waals surface area contributed by atoms with Crippen molar-refractivity contribution in [3.8, 4) is 5.75 Å². The van der Waals surface area contributed by atoms with Crippen LogP contribution >= 0.6 is 15.9 Å². The molecule has 3 heteroatoms. The third-order valence-corrected chi connectivity index (χ3v) is 5.30. The summed E-state index contributed by atoms with van der Waals surface area (Å²) in [5.41, 5.74) is 1.41. The quantitative estimate of drug-likeness (QED) is 0.787. The molecule has 0 radical (unpaired) electrons. The van der Waals surface area contributed by atoms with Gasteiger partial charge in [0.25, 0.3) is 0 Å². The summed E-state index contributed by atoms with van der Waals surface area (Å²) >= 11 is 3.64. The maximum absolute atomic E-state index is 5.76. The number of piperidine rings is 1. The van der Waals surface area contributed by atoms with E-state index >= 15 is 0 Å². The lowest BCUT2D eigenvalue weighted by molar-refractivity contribution is 0.160. The molecule has 2 nitrogen and oxygen atoms in total. The van der Waals surface area contributed by atoms with E-state index in [1.54, 1.807) is 0 Å². The van der Waals surface area contributed by atoms with E-state index in [2.05, 4.69) is 45.1 Å². The summed E-state index contributed by atoms with van der Waals surface area (Å²) in [6, 6.07) is 8.56. The van der Waals surface area contributed by atoms with Gasteiger partial charge in [-0.15, -0.1) is 0 Å². The third kappa shape index (κ3) is 3.14. The van der Waals surface area contributed by atoms with E-state index < -0.39 is 0 Å². The van der Waals surface area contributed by atoms with Crippen LogP contribution in [0.2, 0.25) is 0 Å². The van der Waals surface area contributed by atoms with E-state index in [-0.39, 0.29) is 0 Å². The molecule has 2 aliphatic rings. The zero-order valence-electron chi connectivity index (χ0n) is 11.4. The first-order chi connectivity index (χ1) is 9.36. The summed E-state index contributed by atoms with van der Waals surface area (Å²) in [5, 5.41) is 1.15. The number of ether oxygens (including phenoxy) is 1. The average molecular weight is 324 g/mol. The Morgan fingerprint density at radius 2 is 2.16 bits per heavy atom. The summed E-state index contributed by atoms with van der Waals surface area (Å²) in [6.45, 7) is 4.59. The van der Waals surface area contributed by atoms with Crippen molar-refractivity contribution >= 4 is 15.9 Å². The Labute approximate surface area is 124 Å². The fourth-order valence-corrected chi connectivity index (χ4v) is 3.89. The molecule has 0 aliphatic carbocycles. The monoisotopic (exact) mass is 323 g/mol. The molecule has 19 heavy (non-hydrogen) atoms. The van der Waals surface area contributed by atoms with Crippen molar-refractivity contribution < 1.29 is 4.74 Å².